The number of nitrogens with one attached hydrogen (secondary N) is 1. The highest BCUT2D eigenvalue weighted by Crippen LogP contribution is 2.29. The fourth-order valence-corrected chi connectivity index (χ4v) is 4.33. The van der Waals surface area contributed by atoms with Gasteiger partial charge >= 0.3 is 0 Å². The monoisotopic (exact) mass is 408 g/mol. The number of ketones is 1. The Labute approximate surface area is 180 Å². The van der Waals surface area contributed by atoms with Gasteiger partial charge in [0.05, 0.1) is 0 Å². The number of anilines is 1. The van der Waals surface area contributed by atoms with Gasteiger partial charge in [-0.1, -0.05) is 62.4 Å². The summed E-state index contributed by atoms with van der Waals surface area (Å²) in [5, 5.41) is 4.04. The first kappa shape index (κ1) is 21.5. The van der Waals surface area contributed by atoms with E-state index in [1.807, 2.05) is 50.1 Å². The van der Waals surface area contributed by atoms with Gasteiger partial charge in [-0.25, -0.2) is 0 Å². The van der Waals surface area contributed by atoms with Crippen molar-refractivity contribution in [1.82, 2.24) is 4.90 Å². The highest BCUT2D eigenvalue weighted by molar-refractivity contribution is 7.80. The first-order chi connectivity index (χ1) is 13.9. The van der Waals surface area contributed by atoms with Crippen LogP contribution in [0, 0.1) is 19.8 Å². The van der Waals surface area contributed by atoms with Crippen molar-refractivity contribution in [3.05, 3.63) is 64.7 Å². The summed E-state index contributed by atoms with van der Waals surface area (Å²) in [6.45, 7) is 4.82. The van der Waals surface area contributed by atoms with Crippen LogP contribution in [0.15, 0.2) is 42.5 Å². The Bertz CT molecular complexity index is 857. The molecule has 0 unspecified atom stereocenters. The van der Waals surface area contributed by atoms with E-state index in [9.17, 15) is 4.79 Å². The maximum atomic E-state index is 12.9. The highest BCUT2D eigenvalue weighted by Gasteiger charge is 2.20. The number of hydrogen-bond donors (Lipinski definition) is 1. The fourth-order valence-electron chi connectivity index (χ4n) is 4.15. The van der Waals surface area contributed by atoms with Crippen LogP contribution in [-0.2, 0) is 6.54 Å². The lowest BCUT2D eigenvalue weighted by Crippen LogP contribution is -2.30. The minimum Gasteiger partial charge on any atom is -0.348 e. The molecule has 0 radical (unpaired) electrons. The summed E-state index contributed by atoms with van der Waals surface area (Å²) in [5.74, 6) is 0.848. The maximum Gasteiger partial charge on any atom is 0.173 e. The topological polar surface area (TPSA) is 32.3 Å². The lowest BCUT2D eigenvalue weighted by Gasteiger charge is -2.23. The van der Waals surface area contributed by atoms with Crippen LogP contribution >= 0.6 is 12.2 Å². The molecule has 0 spiro atoms. The number of hydrogen-bond acceptors (Lipinski definition) is 2. The second-order valence-electron chi connectivity index (χ2n) is 8.39. The first-order valence-electron chi connectivity index (χ1n) is 10.6. The van der Waals surface area contributed by atoms with Crippen LogP contribution in [0.3, 0.4) is 0 Å². The Hall–Kier alpha value is -2.20. The molecule has 0 aliphatic heterocycles. The van der Waals surface area contributed by atoms with E-state index < -0.39 is 0 Å². The smallest absolute Gasteiger partial charge is 0.173 e. The normalized spacial score (nSPS) is 14.4. The van der Waals surface area contributed by atoms with Crippen LogP contribution < -0.4 is 5.32 Å². The average molecular weight is 409 g/mol. The molecule has 3 rings (SSSR count). The van der Waals surface area contributed by atoms with E-state index in [1.165, 1.54) is 37.7 Å². The molecule has 0 amide bonds. The third-order valence-corrected chi connectivity index (χ3v) is 6.34. The van der Waals surface area contributed by atoms with E-state index in [-0.39, 0.29) is 5.78 Å². The molecule has 1 aliphatic carbocycles. The Balaban J connectivity index is 1.65. The van der Waals surface area contributed by atoms with Gasteiger partial charge in [0.15, 0.2) is 10.9 Å². The fraction of sp³-hybridized carbons (Fsp3) is 0.440. The average Bonchev–Trinajstić information content (AvgIpc) is 2.71. The quantitative estimate of drug-likeness (QED) is 0.450. The van der Waals surface area contributed by atoms with Crippen LogP contribution in [0.2, 0.25) is 0 Å². The summed E-state index contributed by atoms with van der Waals surface area (Å²) >= 11 is 5.60. The standard InChI is InChI=1S/C25H32N2OS/c1-18-15-23(26-25(29)27(3)17-21-12-8-5-9-13-21)19(2)14-22(18)24(28)16-20-10-6-4-7-11-20/h5,8-9,12-15,20H,4,6-7,10-11,16-17H2,1-3H3,(H,26,29). The Morgan fingerprint density at radius 1 is 1.07 bits per heavy atom. The third kappa shape index (κ3) is 5.89. The SMILES string of the molecule is Cc1cc(C(=O)CC2CCCCC2)c(C)cc1NC(=S)N(C)Cc1ccccc1. The molecule has 1 aliphatic rings. The van der Waals surface area contributed by atoms with Crippen LogP contribution in [-0.4, -0.2) is 22.8 Å². The van der Waals surface area contributed by atoms with Crippen LogP contribution in [0.25, 0.3) is 0 Å². The van der Waals surface area contributed by atoms with E-state index in [4.69, 9.17) is 12.2 Å². The summed E-state index contributed by atoms with van der Waals surface area (Å²) in [5.41, 5.74) is 5.13. The molecule has 0 bridgehead atoms. The van der Waals surface area contributed by atoms with Crippen molar-refractivity contribution in [3.63, 3.8) is 0 Å². The molecule has 1 fully saturated rings. The molecular weight excluding hydrogens is 376 g/mol. The van der Waals surface area contributed by atoms with Crippen LogP contribution in [0.4, 0.5) is 5.69 Å². The Kier molecular flexibility index (Phi) is 7.43. The summed E-state index contributed by atoms with van der Waals surface area (Å²) < 4.78 is 0. The number of aryl methyl sites for hydroxylation is 2. The molecule has 2 aromatic rings. The third-order valence-electron chi connectivity index (χ3n) is 5.92. The van der Waals surface area contributed by atoms with Gasteiger partial charge in [-0.15, -0.1) is 0 Å². The number of carbonyl (C=O) groups excluding carboxylic acids is 1. The van der Waals surface area contributed by atoms with E-state index in [0.29, 0.717) is 17.5 Å². The highest BCUT2D eigenvalue weighted by atomic mass is 32.1. The molecule has 1 N–H and O–H groups in total. The second-order valence-corrected chi connectivity index (χ2v) is 8.77. The lowest BCUT2D eigenvalue weighted by atomic mass is 9.84. The van der Waals surface area contributed by atoms with Gasteiger partial charge in [0.25, 0.3) is 0 Å². The summed E-state index contributed by atoms with van der Waals surface area (Å²) in [7, 11) is 1.99. The molecule has 3 nitrogen and oxygen atoms in total. The summed E-state index contributed by atoms with van der Waals surface area (Å²) in [6, 6.07) is 14.4. The molecule has 2 aromatic carbocycles. The predicted molar refractivity (Wildman–Crippen MR) is 126 cm³/mol. The number of Topliss-reactive ketones (excluding diaryl/α,β-unsaturated/α-hetero) is 1. The zero-order chi connectivity index (χ0) is 20.8. The predicted octanol–water partition coefficient (Wildman–Crippen LogP) is 6.29. The summed E-state index contributed by atoms with van der Waals surface area (Å²) in [6.07, 6.45) is 6.95. The first-order valence-corrected chi connectivity index (χ1v) is 11.1. The van der Waals surface area contributed by atoms with Crippen LogP contribution in [0.5, 0.6) is 0 Å². The van der Waals surface area contributed by atoms with E-state index >= 15 is 0 Å². The Morgan fingerprint density at radius 3 is 2.45 bits per heavy atom. The molecule has 0 aromatic heterocycles. The van der Waals surface area contributed by atoms with Crippen molar-refractivity contribution in [2.45, 2.75) is 58.9 Å². The van der Waals surface area contributed by atoms with Crippen molar-refractivity contribution in [2.75, 3.05) is 12.4 Å². The van der Waals surface area contributed by atoms with Crippen molar-refractivity contribution >= 4 is 28.8 Å². The number of carbonyl (C=O) groups is 1. The second kappa shape index (κ2) is 10.0. The molecule has 0 heterocycles. The molecule has 1 saturated carbocycles. The zero-order valence-electron chi connectivity index (χ0n) is 17.8. The maximum absolute atomic E-state index is 12.9. The van der Waals surface area contributed by atoms with Crippen molar-refractivity contribution < 1.29 is 4.79 Å². The van der Waals surface area contributed by atoms with Gasteiger partial charge in [-0.2, -0.15) is 0 Å². The zero-order valence-corrected chi connectivity index (χ0v) is 18.6. The van der Waals surface area contributed by atoms with Gasteiger partial charge in [0.2, 0.25) is 0 Å². The molecule has 154 valence electrons. The summed E-state index contributed by atoms with van der Waals surface area (Å²) in [4.78, 5) is 14.9. The van der Waals surface area contributed by atoms with Crippen molar-refractivity contribution in [1.29, 1.82) is 0 Å². The molecule has 29 heavy (non-hydrogen) atoms. The Morgan fingerprint density at radius 2 is 1.76 bits per heavy atom. The lowest BCUT2D eigenvalue weighted by molar-refractivity contribution is 0.0949. The minimum absolute atomic E-state index is 0.285. The molecule has 4 heteroatoms. The number of thiocarbonyl (C=S) groups is 1. The minimum atomic E-state index is 0.285. The van der Waals surface area contributed by atoms with Gasteiger partial charge in [0.1, 0.15) is 0 Å². The van der Waals surface area contributed by atoms with Crippen molar-refractivity contribution in [3.8, 4) is 0 Å². The van der Waals surface area contributed by atoms with E-state index in [0.717, 1.165) is 28.9 Å². The number of rotatable bonds is 6. The van der Waals surface area contributed by atoms with Gasteiger partial charge in [0, 0.05) is 31.3 Å². The van der Waals surface area contributed by atoms with Gasteiger partial charge in [-0.3, -0.25) is 4.79 Å². The number of nitrogens with zero attached hydrogens (tertiary/aromatic N) is 1. The van der Waals surface area contributed by atoms with Gasteiger partial charge < -0.3 is 10.2 Å². The largest absolute Gasteiger partial charge is 0.348 e. The van der Waals surface area contributed by atoms with Gasteiger partial charge in [-0.05, 0) is 60.8 Å². The van der Waals surface area contributed by atoms with Crippen LogP contribution in [0.1, 0.15) is 65.6 Å². The van der Waals surface area contributed by atoms with Crippen molar-refractivity contribution in [2.24, 2.45) is 5.92 Å². The number of benzene rings is 2. The molecule has 0 atom stereocenters. The van der Waals surface area contributed by atoms with E-state index in [2.05, 4.69) is 23.5 Å². The molecular formula is C25H32N2OS. The van der Waals surface area contributed by atoms with E-state index in [1.54, 1.807) is 0 Å². The molecule has 0 saturated heterocycles.